The molecular weight excluding hydrogens is 588 g/mol. The van der Waals surface area contributed by atoms with E-state index in [4.69, 9.17) is 0 Å². The molecule has 1 aliphatic heterocycles. The fraction of sp³-hybridized carbons (Fsp3) is 1.00. The topological polar surface area (TPSA) is 15.3 Å². The van der Waals surface area contributed by atoms with Crippen LogP contribution in [0.15, 0.2) is 0 Å². The van der Waals surface area contributed by atoms with Crippen LogP contribution in [0.4, 0.5) is 0 Å². The summed E-state index contributed by atoms with van der Waals surface area (Å²) < 4.78 is 1.43. The van der Waals surface area contributed by atoms with Gasteiger partial charge in [0.05, 0.1) is 6.67 Å². The normalized spacial score (nSPS) is 26.8. The minimum absolute atomic E-state index is 0.208. The van der Waals surface area contributed by atoms with Gasteiger partial charge in [0.2, 0.25) is 0 Å². The average molecular weight is 592 g/mol. The van der Waals surface area contributed by atoms with Crippen molar-refractivity contribution in [3.05, 3.63) is 0 Å². The lowest BCUT2D eigenvalue weighted by atomic mass is 10.7. The molecule has 1 unspecified atom stereocenters. The molecule has 0 radical (unpaired) electrons. The molecule has 1 saturated heterocycles. The maximum Gasteiger partial charge on any atom is 0.198 e. The summed E-state index contributed by atoms with van der Waals surface area (Å²) in [5.74, 6) is 0. The number of hydrogen-bond donors (Lipinski definition) is 1. The Morgan fingerprint density at radius 3 is 1.92 bits per heavy atom. The molecule has 1 atom stereocenters. The van der Waals surface area contributed by atoms with Gasteiger partial charge in [-0.25, -0.2) is 0 Å². The molecule has 0 bridgehead atoms. The number of nitrogens with one attached hydrogen (secondary N) is 1. The first-order chi connectivity index (χ1) is 5.71. The lowest BCUT2D eigenvalue weighted by Gasteiger charge is -2.24. The Hall–Kier alpha value is 3.15. The van der Waals surface area contributed by atoms with Crippen LogP contribution in [0.1, 0.15) is 0 Å². The lowest BCUT2D eigenvalue weighted by molar-refractivity contribution is 0.499. The molecule has 0 aromatic heterocycles. The molecule has 1 fully saturated rings. The Labute approximate surface area is 132 Å². The van der Waals surface area contributed by atoms with E-state index in [1.165, 1.54) is 0 Å². The molecule has 0 aliphatic carbocycles. The fourth-order valence-electron chi connectivity index (χ4n) is 0.692. The average Bonchev–Trinajstić information content (AvgIpc) is 2.28. The maximum absolute atomic E-state index is 3.48. The van der Waals surface area contributed by atoms with Crippen molar-refractivity contribution in [2.24, 2.45) is 0 Å². The van der Waals surface area contributed by atoms with Gasteiger partial charge in [0.1, 0.15) is 5.37 Å². The Morgan fingerprint density at radius 2 is 1.69 bits per heavy atom. The molecule has 1 heterocycles. The van der Waals surface area contributed by atoms with E-state index in [0.717, 1.165) is 6.67 Å². The smallest absolute Gasteiger partial charge is 0.198 e. The largest absolute Gasteiger partial charge is 0.288 e. The molecule has 78 valence electrons. The Bertz CT molecular complexity index is 168. The van der Waals surface area contributed by atoms with Gasteiger partial charge in [0.15, 0.2) is 4.41 Å². The molecule has 1 N–H and O–H groups in total. The first-order valence-electron chi connectivity index (χ1n) is 3.02. The van der Waals surface area contributed by atoms with Crippen molar-refractivity contribution < 1.29 is 0 Å². The molecule has 0 aromatic rings. The number of alkyl halides is 6. The molecule has 0 saturated carbocycles. The second-order valence-corrected chi connectivity index (χ2v) is 16.9. The fourth-order valence-corrected chi connectivity index (χ4v) is 3.85. The summed E-state index contributed by atoms with van der Waals surface area (Å²) >= 11 is 22.5. The summed E-state index contributed by atoms with van der Waals surface area (Å²) in [6.45, 7) is 0.766. The molecule has 0 spiro atoms. The van der Waals surface area contributed by atoms with Crippen LogP contribution in [0.2, 0.25) is 0 Å². The van der Waals surface area contributed by atoms with Crippen molar-refractivity contribution in [1.82, 2.24) is 9.62 Å². The van der Waals surface area contributed by atoms with Crippen molar-refractivity contribution in [1.29, 1.82) is 0 Å². The predicted octanol–water partition coefficient (Wildman–Crippen LogP) is 4.46. The summed E-state index contributed by atoms with van der Waals surface area (Å²) in [5, 5.41) is 3.52. The third-order valence-electron chi connectivity index (χ3n) is 1.23. The van der Waals surface area contributed by atoms with Crippen LogP contribution in [-0.2, 0) is 0 Å². The lowest BCUT2D eigenvalue weighted by Crippen LogP contribution is -2.32. The Kier molecular flexibility index (Phi) is 5.69. The quantitative estimate of drug-likeness (QED) is 0.255. The molecule has 0 aromatic carbocycles. The van der Waals surface area contributed by atoms with E-state index >= 15 is 0 Å². The van der Waals surface area contributed by atoms with Crippen LogP contribution < -0.4 is 5.32 Å². The standard InChI is InChI=1S/C4H4Br6N2S/c5-3(6,7)2-11-1-12(13-2)4(8,9)10/h2,11H,1H2. The van der Waals surface area contributed by atoms with E-state index < -0.39 is 0 Å². The minimum Gasteiger partial charge on any atom is -0.288 e. The zero-order chi connectivity index (χ0) is 10.3. The summed E-state index contributed by atoms with van der Waals surface area (Å²) in [5.41, 5.74) is 0. The van der Waals surface area contributed by atoms with Gasteiger partial charge in [-0.2, -0.15) is 4.31 Å². The zero-order valence-corrected chi connectivity index (χ0v) is 16.2. The highest BCUT2D eigenvalue weighted by atomic mass is 80.0. The van der Waals surface area contributed by atoms with E-state index in [9.17, 15) is 0 Å². The monoisotopic (exact) mass is 586 g/mol. The third kappa shape index (κ3) is 4.49. The van der Waals surface area contributed by atoms with Gasteiger partial charge in [-0.15, -0.1) is 0 Å². The molecule has 9 heteroatoms. The van der Waals surface area contributed by atoms with Crippen LogP contribution in [0.5, 0.6) is 0 Å². The minimum atomic E-state index is -0.363. The maximum atomic E-state index is 3.48. The summed E-state index contributed by atoms with van der Waals surface area (Å²) in [7, 11) is 0. The Morgan fingerprint density at radius 1 is 1.15 bits per heavy atom. The highest BCUT2D eigenvalue weighted by molar-refractivity contribution is 9.40. The first kappa shape index (κ1) is 14.2. The van der Waals surface area contributed by atoms with Gasteiger partial charge >= 0.3 is 0 Å². The van der Waals surface area contributed by atoms with Gasteiger partial charge in [-0.1, -0.05) is 59.7 Å². The first-order valence-corrected chi connectivity index (χ1v) is 8.62. The SMILES string of the molecule is BrC(Br)(Br)C1NCN(C(Br)(Br)Br)S1. The van der Waals surface area contributed by atoms with Crippen LogP contribution >= 0.6 is 108 Å². The molecular formula is C4H4Br6N2S. The summed E-state index contributed by atoms with van der Waals surface area (Å²) in [6, 6.07) is 0. The molecule has 1 aliphatic rings. The van der Waals surface area contributed by atoms with Gasteiger partial charge in [-0.05, 0) is 47.8 Å². The number of halogens is 6. The van der Waals surface area contributed by atoms with Gasteiger partial charge in [0, 0.05) is 0 Å². The van der Waals surface area contributed by atoms with E-state index in [2.05, 4.69) is 105 Å². The predicted molar refractivity (Wildman–Crippen MR) is 80.2 cm³/mol. The number of rotatable bonds is 0. The number of hydrogen-bond acceptors (Lipinski definition) is 3. The highest BCUT2D eigenvalue weighted by Crippen LogP contribution is 2.50. The summed E-state index contributed by atoms with van der Waals surface area (Å²) in [4.78, 5) is 0. The van der Waals surface area contributed by atoms with Crippen molar-refractivity contribution in [2.75, 3.05) is 6.67 Å². The van der Waals surface area contributed by atoms with Gasteiger partial charge in [-0.3, -0.25) is 5.32 Å². The van der Waals surface area contributed by atoms with Gasteiger partial charge < -0.3 is 0 Å². The van der Waals surface area contributed by atoms with Crippen molar-refractivity contribution >= 4 is 108 Å². The number of nitrogens with zero attached hydrogens (tertiary/aromatic N) is 1. The van der Waals surface area contributed by atoms with E-state index in [1.807, 2.05) is 0 Å². The third-order valence-corrected chi connectivity index (χ3v) is 6.89. The van der Waals surface area contributed by atoms with Gasteiger partial charge in [0.25, 0.3) is 0 Å². The second kappa shape index (κ2) is 5.20. The van der Waals surface area contributed by atoms with E-state index in [1.54, 1.807) is 11.9 Å². The molecule has 0 amide bonds. The van der Waals surface area contributed by atoms with E-state index in [-0.39, 0.29) is 9.78 Å². The zero-order valence-electron chi connectivity index (χ0n) is 5.91. The van der Waals surface area contributed by atoms with Crippen LogP contribution in [-0.4, -0.2) is 20.8 Å². The van der Waals surface area contributed by atoms with Crippen molar-refractivity contribution in [2.45, 2.75) is 9.78 Å². The summed E-state index contributed by atoms with van der Waals surface area (Å²) in [6.07, 6.45) is 0. The highest BCUT2D eigenvalue weighted by Gasteiger charge is 2.42. The van der Waals surface area contributed by atoms with Crippen LogP contribution in [0.25, 0.3) is 0 Å². The van der Waals surface area contributed by atoms with Crippen LogP contribution in [0.3, 0.4) is 0 Å². The van der Waals surface area contributed by atoms with E-state index in [0.29, 0.717) is 0 Å². The molecule has 13 heavy (non-hydrogen) atoms. The Balaban J connectivity index is 2.55. The van der Waals surface area contributed by atoms with Crippen molar-refractivity contribution in [3.63, 3.8) is 0 Å². The molecule has 1 rings (SSSR count). The van der Waals surface area contributed by atoms with Crippen LogP contribution in [0, 0.1) is 0 Å². The molecule has 2 nitrogen and oxygen atoms in total. The second-order valence-electron chi connectivity index (χ2n) is 2.24. The van der Waals surface area contributed by atoms with Crippen molar-refractivity contribution in [3.8, 4) is 0 Å².